The summed E-state index contributed by atoms with van der Waals surface area (Å²) in [6, 6.07) is 14.8. The number of rotatable bonds is 6. The summed E-state index contributed by atoms with van der Waals surface area (Å²) in [5.41, 5.74) is 2.33. The van der Waals surface area contributed by atoms with Crippen molar-refractivity contribution in [3.05, 3.63) is 54.1 Å². The van der Waals surface area contributed by atoms with E-state index in [0.717, 1.165) is 17.6 Å². The van der Waals surface area contributed by atoms with Gasteiger partial charge in [-0.2, -0.15) is 0 Å². The Kier molecular flexibility index (Phi) is 6.44. The fourth-order valence-corrected chi connectivity index (χ4v) is 3.10. The molecule has 0 radical (unpaired) electrons. The number of methoxy groups -OCH3 is 1. The van der Waals surface area contributed by atoms with Crippen LogP contribution in [0.5, 0.6) is 5.75 Å². The van der Waals surface area contributed by atoms with Gasteiger partial charge in [-0.1, -0.05) is 18.2 Å². The zero-order chi connectivity index (χ0) is 19.3. The topological polar surface area (TPSA) is 70.7 Å². The molecule has 0 aliphatic rings. The smallest absolute Gasteiger partial charge is 0.231 e. The molecular formula is C18H23N3O3S2. The third-order valence-corrected chi connectivity index (χ3v) is 5.35. The van der Waals surface area contributed by atoms with Crippen LogP contribution in [0.15, 0.2) is 48.5 Å². The third-order valence-electron chi connectivity index (χ3n) is 3.93. The molecule has 2 aromatic carbocycles. The minimum absolute atomic E-state index is 0.00258. The molecule has 0 aliphatic heterocycles. The van der Waals surface area contributed by atoms with Gasteiger partial charge < -0.3 is 15.4 Å². The van der Waals surface area contributed by atoms with Gasteiger partial charge in [0.2, 0.25) is 10.0 Å². The van der Waals surface area contributed by atoms with Gasteiger partial charge in [-0.05, 0) is 55.0 Å². The first-order chi connectivity index (χ1) is 12.2. The van der Waals surface area contributed by atoms with Crippen LogP contribution in [0.1, 0.15) is 18.5 Å². The van der Waals surface area contributed by atoms with E-state index in [-0.39, 0.29) is 6.04 Å². The van der Waals surface area contributed by atoms with Crippen molar-refractivity contribution >= 4 is 38.7 Å². The van der Waals surface area contributed by atoms with Crippen molar-refractivity contribution in [1.29, 1.82) is 0 Å². The molecule has 0 spiro atoms. The van der Waals surface area contributed by atoms with Crippen LogP contribution in [-0.4, -0.2) is 33.9 Å². The van der Waals surface area contributed by atoms with Crippen molar-refractivity contribution in [2.24, 2.45) is 0 Å². The molecule has 8 heteroatoms. The molecule has 0 saturated carbocycles. The lowest BCUT2D eigenvalue weighted by Gasteiger charge is -2.20. The van der Waals surface area contributed by atoms with Gasteiger partial charge in [-0.25, -0.2) is 8.42 Å². The van der Waals surface area contributed by atoms with E-state index in [9.17, 15) is 8.42 Å². The van der Waals surface area contributed by atoms with Gasteiger partial charge in [0, 0.05) is 12.7 Å². The first kappa shape index (κ1) is 20.0. The van der Waals surface area contributed by atoms with Crippen LogP contribution in [0, 0.1) is 0 Å². The Labute approximate surface area is 160 Å². The molecule has 0 aromatic heterocycles. The highest BCUT2D eigenvalue weighted by Gasteiger charge is 2.13. The van der Waals surface area contributed by atoms with E-state index in [2.05, 4.69) is 10.6 Å². The molecule has 0 saturated heterocycles. The Morgan fingerprint density at radius 1 is 1.19 bits per heavy atom. The first-order valence-corrected chi connectivity index (χ1v) is 10.2. The van der Waals surface area contributed by atoms with Crippen molar-refractivity contribution in [3.8, 4) is 5.75 Å². The molecule has 26 heavy (non-hydrogen) atoms. The second kappa shape index (κ2) is 8.37. The summed E-state index contributed by atoms with van der Waals surface area (Å²) in [6.07, 6.45) is 1.16. The zero-order valence-corrected chi connectivity index (χ0v) is 16.8. The van der Waals surface area contributed by atoms with Gasteiger partial charge in [-0.3, -0.25) is 4.31 Å². The van der Waals surface area contributed by atoms with Crippen LogP contribution in [0.25, 0.3) is 0 Å². The average molecular weight is 394 g/mol. The molecule has 1 atom stereocenters. The normalized spacial score (nSPS) is 12.2. The predicted octanol–water partition coefficient (Wildman–Crippen LogP) is 3.14. The second-order valence-corrected chi connectivity index (χ2v) is 8.30. The number of anilines is 2. The Balaban J connectivity index is 2.03. The summed E-state index contributed by atoms with van der Waals surface area (Å²) in [6.45, 7) is 2.00. The summed E-state index contributed by atoms with van der Waals surface area (Å²) in [5.74, 6) is 0.800. The molecule has 140 valence electrons. The lowest BCUT2D eigenvalue weighted by molar-refractivity contribution is 0.414. The van der Waals surface area contributed by atoms with E-state index in [4.69, 9.17) is 17.0 Å². The van der Waals surface area contributed by atoms with Gasteiger partial charge in [0.25, 0.3) is 0 Å². The van der Waals surface area contributed by atoms with Crippen molar-refractivity contribution < 1.29 is 13.2 Å². The monoisotopic (exact) mass is 393 g/mol. The molecule has 2 N–H and O–H groups in total. The highest BCUT2D eigenvalue weighted by molar-refractivity contribution is 7.92. The van der Waals surface area contributed by atoms with Crippen LogP contribution < -0.4 is 19.7 Å². The van der Waals surface area contributed by atoms with E-state index in [1.165, 1.54) is 11.4 Å². The third kappa shape index (κ3) is 5.34. The van der Waals surface area contributed by atoms with Gasteiger partial charge >= 0.3 is 0 Å². The van der Waals surface area contributed by atoms with Crippen LogP contribution in [0.4, 0.5) is 11.4 Å². The lowest BCUT2D eigenvalue weighted by atomic mass is 10.1. The van der Waals surface area contributed by atoms with Gasteiger partial charge in [0.1, 0.15) is 5.75 Å². The van der Waals surface area contributed by atoms with E-state index in [1.807, 2.05) is 37.3 Å². The van der Waals surface area contributed by atoms with Gasteiger partial charge in [-0.15, -0.1) is 0 Å². The highest BCUT2D eigenvalue weighted by Crippen LogP contribution is 2.21. The summed E-state index contributed by atoms with van der Waals surface area (Å²) in [7, 11) is -0.174. The van der Waals surface area contributed by atoms with Gasteiger partial charge in [0.05, 0.1) is 25.1 Å². The lowest BCUT2D eigenvalue weighted by Crippen LogP contribution is -2.31. The maximum absolute atomic E-state index is 11.7. The molecule has 0 amide bonds. The summed E-state index contributed by atoms with van der Waals surface area (Å²) >= 11 is 5.36. The van der Waals surface area contributed by atoms with Crippen molar-refractivity contribution in [3.63, 3.8) is 0 Å². The standard InChI is InChI=1S/C18H23N3O3S2/c1-13(14-8-10-17(24-3)11-9-14)19-18(25)20-15-6-5-7-16(12-15)21(2)26(4,22)23/h5-13H,1-4H3,(H2,19,20,25). The molecular weight excluding hydrogens is 370 g/mol. The molecule has 0 fully saturated rings. The van der Waals surface area contributed by atoms with Crippen LogP contribution in [0.2, 0.25) is 0 Å². The average Bonchev–Trinajstić information content (AvgIpc) is 2.60. The molecule has 0 aliphatic carbocycles. The Morgan fingerprint density at radius 3 is 2.42 bits per heavy atom. The minimum atomic E-state index is -3.32. The Morgan fingerprint density at radius 2 is 1.85 bits per heavy atom. The molecule has 0 bridgehead atoms. The van der Waals surface area contributed by atoms with E-state index < -0.39 is 10.0 Å². The number of nitrogens with zero attached hydrogens (tertiary/aromatic N) is 1. The van der Waals surface area contributed by atoms with Crippen molar-refractivity contribution in [2.75, 3.05) is 30.0 Å². The zero-order valence-electron chi connectivity index (χ0n) is 15.2. The van der Waals surface area contributed by atoms with Gasteiger partial charge in [0.15, 0.2) is 5.11 Å². The fraction of sp³-hybridized carbons (Fsp3) is 0.278. The summed E-state index contributed by atoms with van der Waals surface area (Å²) in [5, 5.41) is 6.75. The summed E-state index contributed by atoms with van der Waals surface area (Å²) in [4.78, 5) is 0. The number of hydrogen-bond donors (Lipinski definition) is 2. The molecule has 2 rings (SSSR count). The SMILES string of the molecule is COc1ccc(C(C)NC(=S)Nc2cccc(N(C)S(C)(=O)=O)c2)cc1. The maximum atomic E-state index is 11.7. The minimum Gasteiger partial charge on any atom is -0.497 e. The fourth-order valence-electron chi connectivity index (χ4n) is 2.31. The number of ether oxygens (including phenoxy) is 1. The number of sulfonamides is 1. The number of benzene rings is 2. The van der Waals surface area contributed by atoms with Crippen LogP contribution >= 0.6 is 12.2 Å². The number of hydrogen-bond acceptors (Lipinski definition) is 4. The number of nitrogens with one attached hydrogen (secondary N) is 2. The van der Waals surface area contributed by atoms with E-state index in [0.29, 0.717) is 16.5 Å². The second-order valence-electron chi connectivity index (χ2n) is 5.87. The molecule has 0 heterocycles. The largest absolute Gasteiger partial charge is 0.497 e. The van der Waals surface area contributed by atoms with E-state index in [1.54, 1.807) is 25.3 Å². The van der Waals surface area contributed by atoms with Crippen LogP contribution in [0.3, 0.4) is 0 Å². The first-order valence-electron chi connectivity index (χ1n) is 7.96. The molecule has 1 unspecified atom stereocenters. The predicted molar refractivity (Wildman–Crippen MR) is 110 cm³/mol. The maximum Gasteiger partial charge on any atom is 0.231 e. The quantitative estimate of drug-likeness (QED) is 0.735. The van der Waals surface area contributed by atoms with Crippen LogP contribution in [-0.2, 0) is 10.0 Å². The van der Waals surface area contributed by atoms with Crippen molar-refractivity contribution in [2.45, 2.75) is 13.0 Å². The molecule has 6 nitrogen and oxygen atoms in total. The summed E-state index contributed by atoms with van der Waals surface area (Å²) < 4.78 is 29.7. The highest BCUT2D eigenvalue weighted by atomic mass is 32.2. The number of thiocarbonyl (C=S) groups is 1. The molecule has 2 aromatic rings. The van der Waals surface area contributed by atoms with E-state index >= 15 is 0 Å². The Bertz CT molecular complexity index is 868. The van der Waals surface area contributed by atoms with Crippen molar-refractivity contribution in [1.82, 2.24) is 5.32 Å². The Hall–Kier alpha value is -2.32.